The van der Waals surface area contributed by atoms with Crippen LogP contribution in [-0.4, -0.2) is 49.0 Å². The van der Waals surface area contributed by atoms with Crippen LogP contribution >= 0.6 is 0 Å². The number of hydrogen-bond donors (Lipinski definition) is 2. The van der Waals surface area contributed by atoms with Crippen LogP contribution in [-0.2, 0) is 0 Å². The number of hydrogen-bond acceptors (Lipinski definition) is 5. The number of likely N-dealkylation sites (N-methyl/N-ethyl adjacent to an activating group) is 1. The van der Waals surface area contributed by atoms with Gasteiger partial charge >= 0.3 is 0 Å². The average Bonchev–Trinajstić information content (AvgIpc) is 2.85. The number of rotatable bonds is 2. The summed E-state index contributed by atoms with van der Waals surface area (Å²) in [6.45, 7) is 0.976. The van der Waals surface area contributed by atoms with Crippen molar-refractivity contribution in [2.24, 2.45) is 5.73 Å². The number of benzene rings is 2. The minimum absolute atomic E-state index is 0.0241. The maximum Gasteiger partial charge on any atom is 0.261 e. The largest absolute Gasteiger partial charge is 0.366 e. The SMILES string of the molecule is CN1CC2=C(Nc3ccccc3N(C(=O)c3ccc(C(N)=O)cc3F)C2)N1C. The van der Waals surface area contributed by atoms with Crippen LogP contribution < -0.4 is 16.0 Å². The van der Waals surface area contributed by atoms with E-state index < -0.39 is 17.6 Å². The Morgan fingerprint density at radius 1 is 1.11 bits per heavy atom. The van der Waals surface area contributed by atoms with Crippen molar-refractivity contribution >= 4 is 23.2 Å². The van der Waals surface area contributed by atoms with E-state index in [-0.39, 0.29) is 11.1 Å². The number of carbonyl (C=O) groups is 2. The van der Waals surface area contributed by atoms with E-state index in [1.807, 2.05) is 48.4 Å². The molecule has 2 aromatic rings. The second-order valence-electron chi connectivity index (χ2n) is 6.88. The molecule has 0 unspecified atom stereocenters. The highest BCUT2D eigenvalue weighted by Crippen LogP contribution is 2.35. The molecule has 2 aromatic carbocycles. The predicted octanol–water partition coefficient (Wildman–Crippen LogP) is 2.00. The highest BCUT2D eigenvalue weighted by molar-refractivity contribution is 6.09. The molecule has 0 aromatic heterocycles. The summed E-state index contributed by atoms with van der Waals surface area (Å²) in [4.78, 5) is 26.1. The van der Waals surface area contributed by atoms with E-state index in [0.29, 0.717) is 18.8 Å². The Morgan fingerprint density at radius 2 is 1.86 bits per heavy atom. The summed E-state index contributed by atoms with van der Waals surface area (Å²) in [5.74, 6) is -1.08. The number of amides is 2. The number of primary amides is 1. The number of anilines is 2. The molecule has 0 spiro atoms. The Labute approximate surface area is 161 Å². The summed E-state index contributed by atoms with van der Waals surface area (Å²) in [7, 11) is 3.90. The second-order valence-corrected chi connectivity index (χ2v) is 6.88. The lowest BCUT2D eigenvalue weighted by Crippen LogP contribution is -2.35. The molecule has 0 radical (unpaired) electrons. The van der Waals surface area contributed by atoms with Crippen molar-refractivity contribution in [2.75, 3.05) is 37.4 Å². The zero-order valence-corrected chi connectivity index (χ0v) is 15.6. The summed E-state index contributed by atoms with van der Waals surface area (Å²) in [6, 6.07) is 11.1. The quantitative estimate of drug-likeness (QED) is 0.832. The van der Waals surface area contributed by atoms with Crippen LogP contribution in [0, 0.1) is 5.82 Å². The first-order valence-corrected chi connectivity index (χ1v) is 8.81. The molecular weight excluding hydrogens is 361 g/mol. The van der Waals surface area contributed by atoms with Crippen LogP contribution in [0.15, 0.2) is 53.9 Å². The molecule has 0 saturated heterocycles. The molecule has 0 bridgehead atoms. The molecule has 2 aliphatic rings. The summed E-state index contributed by atoms with van der Waals surface area (Å²) in [6.07, 6.45) is 0. The van der Waals surface area contributed by atoms with Gasteiger partial charge in [-0.25, -0.2) is 9.40 Å². The van der Waals surface area contributed by atoms with Crippen molar-refractivity contribution in [2.45, 2.75) is 0 Å². The lowest BCUT2D eigenvalue weighted by molar-refractivity contribution is 0.0974. The minimum Gasteiger partial charge on any atom is -0.366 e. The molecule has 7 nitrogen and oxygen atoms in total. The van der Waals surface area contributed by atoms with E-state index in [1.165, 1.54) is 12.1 Å². The summed E-state index contributed by atoms with van der Waals surface area (Å²) < 4.78 is 14.6. The fourth-order valence-electron chi connectivity index (χ4n) is 3.54. The number of carbonyl (C=O) groups excluding carboxylic acids is 2. The maximum absolute atomic E-state index is 14.6. The molecule has 0 aliphatic carbocycles. The van der Waals surface area contributed by atoms with Crippen LogP contribution in [0.1, 0.15) is 20.7 Å². The number of hydrazine groups is 1. The van der Waals surface area contributed by atoms with Gasteiger partial charge in [-0.3, -0.25) is 14.6 Å². The Kier molecular flexibility index (Phi) is 4.27. The average molecular weight is 381 g/mol. The molecule has 0 atom stereocenters. The zero-order valence-electron chi connectivity index (χ0n) is 15.6. The molecule has 2 heterocycles. The highest BCUT2D eigenvalue weighted by Gasteiger charge is 2.33. The van der Waals surface area contributed by atoms with Crippen LogP contribution in [0.3, 0.4) is 0 Å². The molecular formula is C20H20FN5O2. The maximum atomic E-state index is 14.6. The molecule has 3 N–H and O–H groups in total. The fraction of sp³-hybridized carbons (Fsp3) is 0.200. The minimum atomic E-state index is -0.772. The van der Waals surface area contributed by atoms with Gasteiger partial charge in [0.25, 0.3) is 5.91 Å². The fourth-order valence-corrected chi connectivity index (χ4v) is 3.54. The number of nitrogens with two attached hydrogens (primary N) is 1. The monoisotopic (exact) mass is 381 g/mol. The van der Waals surface area contributed by atoms with Gasteiger partial charge in [0.2, 0.25) is 5.91 Å². The topological polar surface area (TPSA) is 81.9 Å². The van der Waals surface area contributed by atoms with E-state index in [9.17, 15) is 14.0 Å². The van der Waals surface area contributed by atoms with Gasteiger partial charge in [0, 0.05) is 31.8 Å². The first-order valence-electron chi connectivity index (χ1n) is 8.81. The molecule has 0 fully saturated rings. The van der Waals surface area contributed by atoms with E-state index in [2.05, 4.69) is 5.32 Å². The lowest BCUT2D eigenvalue weighted by Gasteiger charge is -2.27. The first-order chi connectivity index (χ1) is 13.4. The second kappa shape index (κ2) is 6.65. The zero-order chi connectivity index (χ0) is 20.0. The van der Waals surface area contributed by atoms with E-state index in [4.69, 9.17) is 5.73 Å². The van der Waals surface area contributed by atoms with Crippen molar-refractivity contribution in [3.8, 4) is 0 Å². The van der Waals surface area contributed by atoms with Gasteiger partial charge in [-0.15, -0.1) is 0 Å². The number of fused-ring (bicyclic) bond motifs is 1. The Morgan fingerprint density at radius 3 is 2.57 bits per heavy atom. The molecule has 2 amide bonds. The van der Waals surface area contributed by atoms with E-state index >= 15 is 0 Å². The predicted molar refractivity (Wildman–Crippen MR) is 104 cm³/mol. The van der Waals surface area contributed by atoms with Crippen LogP contribution in [0.25, 0.3) is 0 Å². The van der Waals surface area contributed by atoms with Crippen LogP contribution in [0.2, 0.25) is 0 Å². The number of para-hydroxylation sites is 2. The third kappa shape index (κ3) is 2.87. The van der Waals surface area contributed by atoms with Gasteiger partial charge in [-0.05, 0) is 30.3 Å². The number of nitrogens with zero attached hydrogens (tertiary/aromatic N) is 3. The van der Waals surface area contributed by atoms with Crippen molar-refractivity contribution < 1.29 is 14.0 Å². The van der Waals surface area contributed by atoms with Gasteiger partial charge in [0.05, 0.1) is 23.5 Å². The first kappa shape index (κ1) is 18.0. The molecule has 4 rings (SSSR count). The third-order valence-corrected chi connectivity index (χ3v) is 5.12. The van der Waals surface area contributed by atoms with Gasteiger partial charge < -0.3 is 16.0 Å². The molecule has 2 aliphatic heterocycles. The van der Waals surface area contributed by atoms with Crippen LogP contribution in [0.5, 0.6) is 0 Å². The number of halogens is 1. The van der Waals surface area contributed by atoms with Crippen molar-refractivity contribution in [1.29, 1.82) is 0 Å². The summed E-state index contributed by atoms with van der Waals surface area (Å²) in [5.41, 5.74) is 7.55. The van der Waals surface area contributed by atoms with Crippen LogP contribution in [0.4, 0.5) is 15.8 Å². The van der Waals surface area contributed by atoms with Crippen molar-refractivity contribution in [3.05, 3.63) is 70.8 Å². The molecule has 0 saturated carbocycles. The van der Waals surface area contributed by atoms with Gasteiger partial charge in [0.15, 0.2) is 0 Å². The van der Waals surface area contributed by atoms with Gasteiger partial charge in [0.1, 0.15) is 11.6 Å². The Balaban J connectivity index is 1.77. The third-order valence-electron chi connectivity index (χ3n) is 5.12. The van der Waals surface area contributed by atoms with Gasteiger partial charge in [-0.2, -0.15) is 0 Å². The summed E-state index contributed by atoms with van der Waals surface area (Å²) >= 11 is 0. The Hall–Kier alpha value is -3.39. The molecule has 28 heavy (non-hydrogen) atoms. The summed E-state index contributed by atoms with van der Waals surface area (Å²) in [5, 5.41) is 7.40. The molecule has 144 valence electrons. The van der Waals surface area contributed by atoms with Gasteiger partial charge in [-0.1, -0.05) is 12.1 Å². The molecule has 8 heteroatoms. The lowest BCUT2D eigenvalue weighted by atomic mass is 10.1. The Bertz CT molecular complexity index is 1020. The smallest absolute Gasteiger partial charge is 0.261 e. The van der Waals surface area contributed by atoms with E-state index in [0.717, 1.165) is 23.1 Å². The normalized spacial score (nSPS) is 16.4. The number of nitrogens with one attached hydrogen (secondary N) is 1. The van der Waals surface area contributed by atoms with E-state index in [1.54, 1.807) is 4.90 Å². The highest BCUT2D eigenvalue weighted by atomic mass is 19.1. The van der Waals surface area contributed by atoms with Crippen molar-refractivity contribution in [1.82, 2.24) is 10.0 Å². The standard InChI is InChI=1S/C20H20FN5O2/c1-24-10-13-11-26(17-6-4-3-5-16(17)23-19(13)25(24)2)20(28)14-8-7-12(18(22)27)9-15(14)21/h3-9,23H,10-11H2,1-2H3,(H2,22,27). The van der Waals surface area contributed by atoms with Crippen molar-refractivity contribution in [3.63, 3.8) is 0 Å².